The number of fused-ring (bicyclic) bond motifs is 1. The van der Waals surface area contributed by atoms with E-state index in [1.165, 1.54) is 12.1 Å². The first-order valence-electron chi connectivity index (χ1n) is 14.2. The molecule has 2 N–H and O–H groups in total. The summed E-state index contributed by atoms with van der Waals surface area (Å²) in [6.07, 6.45) is 3.64. The molecule has 1 aromatic heterocycles. The number of carbonyl (C=O) groups is 2. The predicted octanol–water partition coefficient (Wildman–Crippen LogP) is 6.93. The van der Waals surface area contributed by atoms with Crippen LogP contribution in [0, 0.1) is 16.6 Å². The van der Waals surface area contributed by atoms with Crippen molar-refractivity contribution >= 4 is 22.8 Å². The third-order valence-electron chi connectivity index (χ3n) is 9.34. The van der Waals surface area contributed by atoms with Crippen molar-refractivity contribution in [2.75, 3.05) is 0 Å². The van der Waals surface area contributed by atoms with Crippen molar-refractivity contribution in [2.24, 2.45) is 10.8 Å². The van der Waals surface area contributed by atoms with Crippen molar-refractivity contribution in [1.29, 1.82) is 0 Å². The third-order valence-corrected chi connectivity index (χ3v) is 9.34. The number of nitrogens with one attached hydrogen (secondary N) is 1. The lowest BCUT2D eigenvalue weighted by atomic mass is 9.33. The molecule has 5 aromatic rings. The largest absolute Gasteiger partial charge is 0.481 e. The van der Waals surface area contributed by atoms with Gasteiger partial charge in [-0.05, 0) is 83.7 Å². The minimum Gasteiger partial charge on any atom is -0.481 e. The quantitative estimate of drug-likeness (QED) is 0.216. The number of carbonyl (C=O) groups excluding carboxylic acids is 1. The fraction of sp³-hybridized carbons (Fsp3) is 0.229. The lowest BCUT2D eigenvalue weighted by Gasteiger charge is -2.70. The van der Waals surface area contributed by atoms with E-state index < -0.39 is 11.4 Å². The molecule has 6 nitrogen and oxygen atoms in total. The van der Waals surface area contributed by atoms with Crippen molar-refractivity contribution in [3.63, 3.8) is 0 Å². The van der Waals surface area contributed by atoms with E-state index >= 15 is 0 Å². The second-order valence-electron chi connectivity index (χ2n) is 12.0. The van der Waals surface area contributed by atoms with Gasteiger partial charge in [-0.25, -0.2) is 4.39 Å². The molecule has 7 heteroatoms. The third kappa shape index (κ3) is 4.28. The Morgan fingerprint density at radius 2 is 1.52 bits per heavy atom. The maximum absolute atomic E-state index is 13.9. The first-order chi connectivity index (χ1) is 20.3. The van der Waals surface area contributed by atoms with Crippen LogP contribution in [0.5, 0.6) is 0 Å². The zero-order chi connectivity index (χ0) is 29.1. The number of nitrogens with zero attached hydrogens (tertiary/aromatic N) is 2. The van der Waals surface area contributed by atoms with Gasteiger partial charge in [-0.15, -0.1) is 0 Å². The molecular formula is C35H30FN3O3. The summed E-state index contributed by atoms with van der Waals surface area (Å²) in [7, 11) is 0. The normalized spacial score (nSPS) is 21.3. The molecule has 1 heterocycles. The summed E-state index contributed by atoms with van der Waals surface area (Å²) in [4.78, 5) is 25.5. The van der Waals surface area contributed by atoms with Gasteiger partial charge in [0.2, 0.25) is 0 Å². The van der Waals surface area contributed by atoms with Crippen LogP contribution in [-0.2, 0) is 11.3 Å². The lowest BCUT2D eigenvalue weighted by Crippen LogP contribution is -2.71. The minimum absolute atomic E-state index is 0.142. The zero-order valence-corrected chi connectivity index (χ0v) is 23.2. The van der Waals surface area contributed by atoms with E-state index in [1.54, 1.807) is 18.3 Å². The number of hydrogen-bond donors (Lipinski definition) is 2. The van der Waals surface area contributed by atoms with Crippen LogP contribution in [0.3, 0.4) is 0 Å². The van der Waals surface area contributed by atoms with Gasteiger partial charge in [0.25, 0.3) is 5.91 Å². The van der Waals surface area contributed by atoms with Crippen molar-refractivity contribution in [3.8, 4) is 22.3 Å². The molecule has 1 atom stereocenters. The molecule has 2 bridgehead atoms. The Balaban J connectivity index is 1.20. The van der Waals surface area contributed by atoms with Gasteiger partial charge < -0.3 is 10.4 Å². The second kappa shape index (κ2) is 9.65. The van der Waals surface area contributed by atoms with E-state index in [0.717, 1.165) is 38.7 Å². The van der Waals surface area contributed by atoms with Gasteiger partial charge in [-0.1, -0.05) is 66.7 Å². The lowest BCUT2D eigenvalue weighted by molar-refractivity contribution is -0.230. The van der Waals surface area contributed by atoms with Crippen LogP contribution < -0.4 is 5.32 Å². The Morgan fingerprint density at radius 3 is 2.17 bits per heavy atom. The second-order valence-corrected chi connectivity index (χ2v) is 12.0. The molecule has 8 rings (SSSR count). The molecular weight excluding hydrogens is 529 g/mol. The van der Waals surface area contributed by atoms with Crippen LogP contribution in [0.4, 0.5) is 4.39 Å². The van der Waals surface area contributed by atoms with E-state index in [1.807, 2.05) is 72.3 Å². The summed E-state index contributed by atoms with van der Waals surface area (Å²) in [6, 6.07) is 28.3. The van der Waals surface area contributed by atoms with Gasteiger partial charge in [-0.2, -0.15) is 5.10 Å². The number of rotatable bonds is 8. The standard InChI is InChI=1S/C35H30FN3O3/c1-22(34-19-35(20-34,21-34)33(41)42)38-32(40)30-16-27(24-5-3-2-4-6-24)15-28-17-37-39(31(28)30)18-23-7-9-25(10-8-23)26-11-13-29(36)14-12-26/h2-17,22H,18-21H2,1H3,(H,38,40)(H,41,42)/t22-,34?,35?/m0/s1. The molecule has 3 aliphatic carbocycles. The van der Waals surface area contributed by atoms with E-state index in [-0.39, 0.29) is 23.2 Å². The number of benzene rings is 4. The van der Waals surface area contributed by atoms with Crippen molar-refractivity contribution in [1.82, 2.24) is 15.1 Å². The van der Waals surface area contributed by atoms with E-state index in [4.69, 9.17) is 0 Å². The maximum atomic E-state index is 13.9. The average Bonchev–Trinajstić information content (AvgIpc) is 3.34. The zero-order valence-electron chi connectivity index (χ0n) is 23.2. The summed E-state index contributed by atoms with van der Waals surface area (Å²) >= 11 is 0. The van der Waals surface area contributed by atoms with E-state index in [0.29, 0.717) is 31.4 Å². The fourth-order valence-electron chi connectivity index (χ4n) is 6.92. The number of aliphatic carboxylic acids is 1. The SMILES string of the molecule is C[C@H](NC(=O)c1cc(-c2ccccc2)cc2cnn(Cc3ccc(-c4ccc(F)cc4)cc3)c12)C12CC(C(=O)O)(C1)C2. The molecule has 3 fully saturated rings. The molecule has 210 valence electrons. The molecule has 0 radical (unpaired) electrons. The smallest absolute Gasteiger partial charge is 0.309 e. The number of hydrogen-bond acceptors (Lipinski definition) is 3. The summed E-state index contributed by atoms with van der Waals surface area (Å²) in [5.74, 6) is -1.18. The molecule has 3 aliphatic rings. The number of carboxylic acids is 1. The average molecular weight is 560 g/mol. The van der Waals surface area contributed by atoms with Gasteiger partial charge in [0, 0.05) is 11.4 Å². The number of aromatic nitrogens is 2. The first-order valence-corrected chi connectivity index (χ1v) is 14.2. The highest BCUT2D eigenvalue weighted by molar-refractivity contribution is 6.07. The topological polar surface area (TPSA) is 84.2 Å². The van der Waals surface area contributed by atoms with Gasteiger partial charge in [0.15, 0.2) is 0 Å². The van der Waals surface area contributed by atoms with E-state index in [2.05, 4.69) is 16.5 Å². The van der Waals surface area contributed by atoms with Gasteiger partial charge in [0.05, 0.1) is 29.2 Å². The summed E-state index contributed by atoms with van der Waals surface area (Å²) in [5, 5.41) is 18.3. The number of halogens is 1. The van der Waals surface area contributed by atoms with Gasteiger partial charge in [0.1, 0.15) is 5.82 Å². The Morgan fingerprint density at radius 1 is 0.905 bits per heavy atom. The molecule has 0 saturated heterocycles. The molecule has 1 amide bonds. The van der Waals surface area contributed by atoms with Crippen LogP contribution in [0.1, 0.15) is 42.1 Å². The fourth-order valence-corrected chi connectivity index (χ4v) is 6.92. The Labute approximate surface area is 242 Å². The van der Waals surface area contributed by atoms with Gasteiger partial charge in [-0.3, -0.25) is 14.3 Å². The monoisotopic (exact) mass is 559 g/mol. The molecule has 0 spiro atoms. The highest BCUT2D eigenvalue weighted by Crippen LogP contribution is 2.74. The predicted molar refractivity (Wildman–Crippen MR) is 159 cm³/mol. The Kier molecular flexibility index (Phi) is 6.01. The highest BCUT2D eigenvalue weighted by atomic mass is 19.1. The molecule has 0 unspecified atom stereocenters. The highest BCUT2D eigenvalue weighted by Gasteiger charge is 2.73. The Bertz CT molecular complexity index is 1810. The van der Waals surface area contributed by atoms with Crippen LogP contribution in [0.15, 0.2) is 97.2 Å². The minimum atomic E-state index is -0.727. The number of amides is 1. The van der Waals surface area contributed by atoms with Crippen LogP contribution in [0.25, 0.3) is 33.2 Å². The maximum Gasteiger partial charge on any atom is 0.309 e. The van der Waals surface area contributed by atoms with Crippen LogP contribution in [0.2, 0.25) is 0 Å². The van der Waals surface area contributed by atoms with Gasteiger partial charge >= 0.3 is 5.97 Å². The van der Waals surface area contributed by atoms with Crippen molar-refractivity contribution < 1.29 is 19.1 Å². The first kappa shape index (κ1) is 26.1. The Hall–Kier alpha value is -4.78. The molecule has 0 aliphatic heterocycles. The summed E-state index contributed by atoms with van der Waals surface area (Å²) in [5.41, 5.74) is 5.44. The summed E-state index contributed by atoms with van der Waals surface area (Å²) in [6.45, 7) is 2.46. The number of carboxylic acid groups (broad SMARTS) is 1. The molecule has 42 heavy (non-hydrogen) atoms. The molecule has 4 aromatic carbocycles. The van der Waals surface area contributed by atoms with Crippen molar-refractivity contribution in [2.45, 2.75) is 38.8 Å². The van der Waals surface area contributed by atoms with E-state index in [9.17, 15) is 19.1 Å². The van der Waals surface area contributed by atoms with Crippen LogP contribution in [-0.4, -0.2) is 32.8 Å². The summed E-state index contributed by atoms with van der Waals surface area (Å²) < 4.78 is 15.2. The molecule has 3 saturated carbocycles. The van der Waals surface area contributed by atoms with Crippen molar-refractivity contribution in [3.05, 3.63) is 114 Å². The van der Waals surface area contributed by atoms with Crippen LogP contribution >= 0.6 is 0 Å².